The topological polar surface area (TPSA) is 182 Å². The largest absolute Gasteiger partial charge is 0.383 e. The average molecular weight is 1050 g/mol. The maximum atomic E-state index is 15.4. The molecule has 1 spiro atoms. The van der Waals surface area contributed by atoms with Gasteiger partial charge in [-0.15, -0.1) is 0 Å². The molecule has 66 heavy (non-hydrogen) atoms. The molecule has 0 radical (unpaired) electrons. The molecule has 2 saturated carbocycles. The third-order valence-corrected chi connectivity index (χ3v) is 16.9. The average Bonchev–Trinajstić information content (AvgIpc) is 3.97. The number of hydrogen-bond acceptors (Lipinski definition) is 11. The number of benzene rings is 1. The molecule has 13 nitrogen and oxygen atoms in total. The van der Waals surface area contributed by atoms with Gasteiger partial charge in [0.25, 0.3) is 0 Å². The number of allylic oxidation sites excluding steroid dienone is 2. The van der Waals surface area contributed by atoms with Gasteiger partial charge in [0.05, 0.1) is 0 Å². The number of nitrogens with two attached hydrogens (primary N) is 2. The van der Waals surface area contributed by atoms with Gasteiger partial charge in [-0.25, -0.2) is 0 Å². The zero-order chi connectivity index (χ0) is 48.6. The van der Waals surface area contributed by atoms with Gasteiger partial charge in [-0.1, -0.05) is 50.8 Å². The summed E-state index contributed by atoms with van der Waals surface area (Å²) in [4.78, 5) is 46.4. The molecule has 6 rings (SSSR count). The van der Waals surface area contributed by atoms with Crippen LogP contribution in [0.3, 0.4) is 0 Å². The third-order valence-electron chi connectivity index (χ3n) is 14.1. The van der Waals surface area contributed by atoms with Crippen molar-refractivity contribution in [2.75, 3.05) is 65.3 Å². The zero-order valence-electron chi connectivity index (χ0n) is 40.4. The first kappa shape index (κ1) is 56.9. The molecule has 5 fully saturated rings. The van der Waals surface area contributed by atoms with Crippen LogP contribution in [0.5, 0.6) is 0 Å². The molecule has 2 aliphatic carbocycles. The number of aliphatic imine (C=N–C) groups is 2. The van der Waals surface area contributed by atoms with E-state index in [1.54, 1.807) is 25.4 Å². The van der Waals surface area contributed by atoms with E-state index < -0.39 is 39.4 Å². The molecule has 3 aliphatic heterocycles. The van der Waals surface area contributed by atoms with Gasteiger partial charge in [0.1, 0.15) is 12.6 Å². The van der Waals surface area contributed by atoms with Crippen molar-refractivity contribution in [3.05, 3.63) is 69.4 Å². The van der Waals surface area contributed by atoms with Crippen molar-refractivity contribution in [3.8, 4) is 0 Å². The van der Waals surface area contributed by atoms with Crippen molar-refractivity contribution in [3.63, 3.8) is 0 Å². The molecule has 2 amide bonds. The fourth-order valence-electron chi connectivity index (χ4n) is 9.98. The Kier molecular flexibility index (Phi) is 26.0. The Morgan fingerprint density at radius 3 is 2.30 bits per heavy atom. The van der Waals surface area contributed by atoms with Crippen LogP contribution in [-0.2, 0) is 9.59 Å². The van der Waals surface area contributed by atoms with Crippen molar-refractivity contribution in [2.24, 2.45) is 44.6 Å². The second kappa shape index (κ2) is 30.2. The monoisotopic (exact) mass is 1050 g/mol. The van der Waals surface area contributed by atoms with E-state index in [4.69, 9.17) is 10.5 Å². The van der Waals surface area contributed by atoms with E-state index in [-0.39, 0.29) is 11.5 Å². The van der Waals surface area contributed by atoms with Crippen molar-refractivity contribution < 1.29 is 43.8 Å². The molecule has 3 heterocycles. The number of nitrogens with one attached hydrogen (secondary N) is 2. The second-order valence-electron chi connectivity index (χ2n) is 18.1. The van der Waals surface area contributed by atoms with Crippen LogP contribution >= 0.6 is 11.9 Å². The zero-order valence-corrected chi connectivity index (χ0v) is 43.4. The molecule has 7 N–H and O–H groups in total. The molecule has 370 valence electrons. The summed E-state index contributed by atoms with van der Waals surface area (Å²) >= 11 is 0.591. The van der Waals surface area contributed by atoms with Crippen molar-refractivity contribution in [1.29, 1.82) is 0 Å². The van der Waals surface area contributed by atoms with E-state index in [2.05, 4.69) is 91.4 Å². The summed E-state index contributed by atoms with van der Waals surface area (Å²) in [5.74, 6) is 1.64. The van der Waals surface area contributed by atoms with E-state index in [0.29, 0.717) is 45.3 Å². The smallest absolute Gasteiger partial charge is 0.126 e. The van der Waals surface area contributed by atoms with E-state index in [0.717, 1.165) is 48.6 Å². The SMILES string of the molecule is C=C=CCCC(NC(=O)c1cc(N2CCC3(CCC(N4CCC(SN5CCC(C)CC5)CC4)C3)CC2)c(F)cc1[I-]O)C(=O)NC.C=N/C=C(/C=C\C1CCCC1C)C(N)=NC.C=O.CN. The van der Waals surface area contributed by atoms with Crippen molar-refractivity contribution >= 4 is 48.8 Å². The first-order valence-electron chi connectivity index (χ1n) is 23.8. The minimum absolute atomic E-state index is 0.248. The Morgan fingerprint density at radius 2 is 1.73 bits per heavy atom. The van der Waals surface area contributed by atoms with E-state index in [9.17, 15) is 13.0 Å². The molecule has 5 aliphatic rings. The summed E-state index contributed by atoms with van der Waals surface area (Å²) in [7, 11) is 4.71. The summed E-state index contributed by atoms with van der Waals surface area (Å²) in [6, 6.07) is 2.80. The Balaban J connectivity index is 0.000000485. The molecule has 16 heteroatoms. The number of carbonyl (C=O) groups is 3. The predicted octanol–water partition coefficient (Wildman–Crippen LogP) is 3.88. The number of rotatable bonds is 15. The Labute approximate surface area is 410 Å². The Hall–Kier alpha value is -3.38. The number of halogens is 2. The Morgan fingerprint density at radius 1 is 1.05 bits per heavy atom. The molecular weight excluding hydrogens is 969 g/mol. The first-order valence-corrected chi connectivity index (χ1v) is 26.6. The van der Waals surface area contributed by atoms with Gasteiger partial charge in [-0.3, -0.25) is 14.3 Å². The molecule has 1 aromatic carbocycles. The second-order valence-corrected chi connectivity index (χ2v) is 21.2. The van der Waals surface area contributed by atoms with Crippen LogP contribution in [0.15, 0.2) is 64.4 Å². The number of carbonyl (C=O) groups excluding carboxylic acids is 3. The first-order chi connectivity index (χ1) is 31.9. The van der Waals surface area contributed by atoms with E-state index in [1.807, 2.05) is 12.9 Å². The number of hydrogen-bond donors (Lipinski definition) is 5. The number of amides is 2. The van der Waals surface area contributed by atoms with Crippen LogP contribution < -0.4 is 48.6 Å². The van der Waals surface area contributed by atoms with Crippen LogP contribution in [0.25, 0.3) is 0 Å². The maximum absolute atomic E-state index is 15.4. The number of nitrogens with zero attached hydrogens (tertiary/aromatic N) is 5. The van der Waals surface area contributed by atoms with Gasteiger partial charge in [0.15, 0.2) is 0 Å². The van der Waals surface area contributed by atoms with Gasteiger partial charge < -0.3 is 16.3 Å². The summed E-state index contributed by atoms with van der Waals surface area (Å²) in [5, 5.41) is 6.16. The Bertz CT molecular complexity index is 1820. The van der Waals surface area contributed by atoms with Gasteiger partial charge in [-0.2, -0.15) is 0 Å². The molecule has 1 aromatic rings. The van der Waals surface area contributed by atoms with Gasteiger partial charge in [0, 0.05) is 37.2 Å². The van der Waals surface area contributed by atoms with Crippen LogP contribution in [0, 0.1) is 32.6 Å². The minimum Gasteiger partial charge on any atom is -0.383 e. The van der Waals surface area contributed by atoms with Crippen LogP contribution in [-0.4, -0.2) is 122 Å². The van der Waals surface area contributed by atoms with Crippen LogP contribution in [0.1, 0.15) is 114 Å². The standard InChI is InChI=1S/C35H52FIN5O3S.C13H21N3.CH5N.CH2O/c1-4-5-6-7-31(34(44)38-3)39-33(43)28-22-32(29(36)23-30(28)37-45)41-20-14-35(15-21-41)13-8-26(24-35)40-16-11-27(12-17-40)46-42-18-9-25(2)10-19-42;1-10-5-4-6-11(10)7-8-12(9-15-2)13(14)16-3;2*1-2/h5,22-23,25-27,31,45H,1,6-21,24H2,2-3H3,(H,38,44)(H,39,43);7-11H,2,4-6H2,1,3H3,(H2,14,16);2H2,1H3;1H2/q-1;;;/b;8-7-,12-9-;;. The molecular formula is C50H80FIN9O4S-. The third kappa shape index (κ3) is 17.0. The normalized spacial score (nSPS) is 23.4. The number of likely N-dealkylation sites (tertiary alicyclic amines) is 1. The summed E-state index contributed by atoms with van der Waals surface area (Å²) in [5.41, 5.74) is 14.8. The number of likely N-dealkylation sites (N-methyl/N-ethyl adjacent to an activating group) is 1. The number of piperidine rings is 3. The summed E-state index contributed by atoms with van der Waals surface area (Å²) in [6.07, 6.45) is 23.5. The van der Waals surface area contributed by atoms with Gasteiger partial charge >= 0.3 is 218 Å². The van der Waals surface area contributed by atoms with Crippen LogP contribution in [0.4, 0.5) is 10.1 Å². The minimum atomic E-state index is -1.54. The van der Waals surface area contributed by atoms with E-state index >= 15 is 4.39 Å². The van der Waals surface area contributed by atoms with E-state index in [1.165, 1.54) is 111 Å². The number of anilines is 1. The molecule has 0 bridgehead atoms. The molecule has 0 aromatic heterocycles. The fourth-order valence-corrected chi connectivity index (χ4v) is 12.3. The van der Waals surface area contributed by atoms with Crippen LogP contribution in [0.2, 0.25) is 0 Å². The molecule has 4 atom stereocenters. The molecule has 4 unspecified atom stereocenters. The van der Waals surface area contributed by atoms with Crippen molar-refractivity contribution in [1.82, 2.24) is 19.8 Å². The maximum Gasteiger partial charge on any atom is 0.126 e. The quantitative estimate of drug-likeness (QED) is 0.0432. The summed E-state index contributed by atoms with van der Waals surface area (Å²) < 4.78 is 28.4. The summed E-state index contributed by atoms with van der Waals surface area (Å²) in [6.45, 7) is 20.1. The fraction of sp³-hybridized carbons (Fsp3) is 0.640. The van der Waals surface area contributed by atoms with Gasteiger partial charge in [0.2, 0.25) is 0 Å². The molecule has 3 saturated heterocycles. The van der Waals surface area contributed by atoms with Crippen molar-refractivity contribution in [2.45, 2.75) is 121 Å². The predicted molar refractivity (Wildman–Crippen MR) is 267 cm³/mol. The van der Waals surface area contributed by atoms with Gasteiger partial charge in [-0.05, 0) is 63.6 Å². The number of amidine groups is 1.